The summed E-state index contributed by atoms with van der Waals surface area (Å²) in [6.45, 7) is 2.04. The molecule has 1 heterocycles. The first-order chi connectivity index (χ1) is 6.25. The monoisotopic (exact) mass is 193 g/mol. The topological polar surface area (TPSA) is 26.0 Å². The van der Waals surface area contributed by atoms with Gasteiger partial charge in [-0.05, 0) is 18.5 Å². The normalized spacial score (nSPS) is 10.3. The largest absolute Gasteiger partial charge is 0.436 e. The van der Waals surface area contributed by atoms with E-state index in [1.165, 1.54) is 5.56 Å². The zero-order chi connectivity index (χ0) is 9.26. The predicted molar refractivity (Wildman–Crippen MR) is 51.7 cm³/mol. The molecule has 0 N–H and O–H groups in total. The second kappa shape index (κ2) is 3.23. The lowest BCUT2D eigenvalue weighted by Crippen LogP contribution is -1.77. The quantitative estimate of drug-likeness (QED) is 0.695. The molecule has 66 valence electrons. The third-order valence-corrected chi connectivity index (χ3v) is 2.00. The van der Waals surface area contributed by atoms with E-state index in [1.807, 2.05) is 31.2 Å². The van der Waals surface area contributed by atoms with E-state index in [0.717, 1.165) is 11.3 Å². The van der Waals surface area contributed by atoms with Crippen LogP contribution in [0.4, 0.5) is 0 Å². The molecule has 2 nitrogen and oxygen atoms in total. The van der Waals surface area contributed by atoms with Crippen LogP contribution in [-0.2, 0) is 0 Å². The fourth-order valence-electron chi connectivity index (χ4n) is 1.11. The van der Waals surface area contributed by atoms with Gasteiger partial charge in [-0.3, -0.25) is 0 Å². The van der Waals surface area contributed by atoms with E-state index in [9.17, 15) is 0 Å². The summed E-state index contributed by atoms with van der Waals surface area (Å²) in [4.78, 5) is 4.01. The highest BCUT2D eigenvalue weighted by Crippen LogP contribution is 2.20. The molecule has 0 saturated carbocycles. The van der Waals surface area contributed by atoms with Gasteiger partial charge in [-0.2, -0.15) is 4.98 Å². The molecule has 0 aliphatic carbocycles. The van der Waals surface area contributed by atoms with Gasteiger partial charge in [0.2, 0.25) is 0 Å². The number of benzene rings is 1. The average molecular weight is 194 g/mol. The minimum Gasteiger partial charge on any atom is -0.436 e. The number of hydrogen-bond donors (Lipinski definition) is 0. The molecule has 0 aliphatic heterocycles. The van der Waals surface area contributed by atoms with Crippen molar-refractivity contribution in [3.05, 3.63) is 41.4 Å². The first-order valence-electron chi connectivity index (χ1n) is 3.94. The summed E-state index contributed by atoms with van der Waals surface area (Å²) in [5.41, 5.74) is 3.00. The number of halogens is 1. The molecule has 2 rings (SSSR count). The zero-order valence-electron chi connectivity index (χ0n) is 7.12. The molecule has 0 fully saturated rings. The van der Waals surface area contributed by atoms with Crippen LogP contribution in [0.25, 0.3) is 11.3 Å². The van der Waals surface area contributed by atoms with Gasteiger partial charge in [-0.25, -0.2) is 0 Å². The van der Waals surface area contributed by atoms with E-state index in [4.69, 9.17) is 16.0 Å². The summed E-state index contributed by atoms with van der Waals surface area (Å²) in [6.07, 6.45) is 1.55. The number of aryl methyl sites for hydroxylation is 1. The molecular formula is C10H8ClNO. The molecule has 0 spiro atoms. The van der Waals surface area contributed by atoms with Crippen molar-refractivity contribution in [1.82, 2.24) is 4.98 Å². The Kier molecular flexibility index (Phi) is 2.07. The molecule has 0 amide bonds. The molecule has 1 aromatic carbocycles. The predicted octanol–water partition coefficient (Wildman–Crippen LogP) is 3.30. The summed E-state index contributed by atoms with van der Waals surface area (Å²) in [5.74, 6) is 0. The Labute approximate surface area is 81.2 Å². The van der Waals surface area contributed by atoms with Crippen molar-refractivity contribution in [3.63, 3.8) is 0 Å². The SMILES string of the molecule is Cc1ccc(-c2coc(Cl)n2)cc1. The zero-order valence-corrected chi connectivity index (χ0v) is 7.88. The Morgan fingerprint density at radius 1 is 1.23 bits per heavy atom. The number of hydrogen-bond acceptors (Lipinski definition) is 2. The molecule has 2 aromatic rings. The molecule has 1 aromatic heterocycles. The lowest BCUT2D eigenvalue weighted by molar-refractivity contribution is 0.560. The Bertz CT molecular complexity index is 405. The molecule has 0 bridgehead atoms. The fraction of sp³-hybridized carbons (Fsp3) is 0.100. The number of aromatic nitrogens is 1. The van der Waals surface area contributed by atoms with Crippen LogP contribution in [0.3, 0.4) is 0 Å². The molecule has 0 saturated heterocycles. The third kappa shape index (κ3) is 1.73. The van der Waals surface area contributed by atoms with Gasteiger partial charge in [0.1, 0.15) is 12.0 Å². The van der Waals surface area contributed by atoms with Crippen molar-refractivity contribution >= 4 is 11.6 Å². The third-order valence-electron chi connectivity index (χ3n) is 1.82. The van der Waals surface area contributed by atoms with E-state index in [1.54, 1.807) is 6.26 Å². The van der Waals surface area contributed by atoms with Gasteiger partial charge in [0, 0.05) is 5.56 Å². The van der Waals surface area contributed by atoms with E-state index in [0.29, 0.717) is 0 Å². The van der Waals surface area contributed by atoms with Crippen molar-refractivity contribution in [2.75, 3.05) is 0 Å². The van der Waals surface area contributed by atoms with Crippen molar-refractivity contribution in [2.24, 2.45) is 0 Å². The lowest BCUT2D eigenvalue weighted by atomic mass is 10.1. The van der Waals surface area contributed by atoms with Crippen LogP contribution in [0.1, 0.15) is 5.56 Å². The number of rotatable bonds is 1. The molecular weight excluding hydrogens is 186 g/mol. The van der Waals surface area contributed by atoms with Crippen LogP contribution in [0.2, 0.25) is 5.35 Å². The maximum atomic E-state index is 5.56. The van der Waals surface area contributed by atoms with Crippen LogP contribution in [-0.4, -0.2) is 4.98 Å². The minimum atomic E-state index is 0.176. The summed E-state index contributed by atoms with van der Waals surface area (Å²) in [7, 11) is 0. The van der Waals surface area contributed by atoms with Gasteiger partial charge < -0.3 is 4.42 Å². The fourth-order valence-corrected chi connectivity index (χ4v) is 1.24. The first-order valence-corrected chi connectivity index (χ1v) is 4.31. The number of oxazole rings is 1. The highest BCUT2D eigenvalue weighted by atomic mass is 35.5. The van der Waals surface area contributed by atoms with Crippen LogP contribution in [0.5, 0.6) is 0 Å². The van der Waals surface area contributed by atoms with E-state index in [-0.39, 0.29) is 5.35 Å². The van der Waals surface area contributed by atoms with Gasteiger partial charge >= 0.3 is 0 Å². The van der Waals surface area contributed by atoms with Gasteiger partial charge in [0.25, 0.3) is 5.35 Å². The van der Waals surface area contributed by atoms with Gasteiger partial charge in [0.15, 0.2) is 0 Å². The summed E-state index contributed by atoms with van der Waals surface area (Å²) in [6, 6.07) is 8.03. The van der Waals surface area contributed by atoms with Crippen molar-refractivity contribution in [3.8, 4) is 11.3 Å². The number of nitrogens with zero attached hydrogens (tertiary/aromatic N) is 1. The smallest absolute Gasteiger partial charge is 0.292 e. The van der Waals surface area contributed by atoms with Crippen molar-refractivity contribution in [2.45, 2.75) is 6.92 Å². The Morgan fingerprint density at radius 2 is 1.92 bits per heavy atom. The maximum absolute atomic E-state index is 5.56. The van der Waals surface area contributed by atoms with Crippen molar-refractivity contribution < 1.29 is 4.42 Å². The molecule has 13 heavy (non-hydrogen) atoms. The van der Waals surface area contributed by atoms with Gasteiger partial charge in [0.05, 0.1) is 0 Å². The summed E-state index contributed by atoms with van der Waals surface area (Å²) >= 11 is 5.56. The lowest BCUT2D eigenvalue weighted by Gasteiger charge is -1.95. The Hall–Kier alpha value is -1.28. The minimum absolute atomic E-state index is 0.176. The highest BCUT2D eigenvalue weighted by molar-refractivity contribution is 6.27. The average Bonchev–Trinajstić information content (AvgIpc) is 2.53. The molecule has 3 heteroatoms. The Balaban J connectivity index is 2.41. The van der Waals surface area contributed by atoms with Crippen LogP contribution in [0.15, 0.2) is 34.9 Å². The van der Waals surface area contributed by atoms with Crippen LogP contribution in [0, 0.1) is 6.92 Å². The van der Waals surface area contributed by atoms with E-state index >= 15 is 0 Å². The van der Waals surface area contributed by atoms with Gasteiger partial charge in [-0.1, -0.05) is 29.8 Å². The van der Waals surface area contributed by atoms with Crippen LogP contribution < -0.4 is 0 Å². The first kappa shape index (κ1) is 8.32. The molecule has 0 aliphatic rings. The Morgan fingerprint density at radius 3 is 2.46 bits per heavy atom. The summed E-state index contributed by atoms with van der Waals surface area (Å²) in [5, 5.41) is 0.176. The van der Waals surface area contributed by atoms with E-state index < -0.39 is 0 Å². The van der Waals surface area contributed by atoms with Crippen LogP contribution >= 0.6 is 11.6 Å². The molecule has 0 atom stereocenters. The summed E-state index contributed by atoms with van der Waals surface area (Å²) < 4.78 is 4.90. The van der Waals surface area contributed by atoms with Crippen molar-refractivity contribution in [1.29, 1.82) is 0 Å². The second-order valence-electron chi connectivity index (χ2n) is 2.85. The van der Waals surface area contributed by atoms with E-state index in [2.05, 4.69) is 4.98 Å². The standard InChI is InChI=1S/C10H8ClNO/c1-7-2-4-8(5-3-7)9-6-13-10(11)12-9/h2-6H,1H3. The maximum Gasteiger partial charge on any atom is 0.292 e. The molecule has 0 radical (unpaired) electrons. The second-order valence-corrected chi connectivity index (χ2v) is 3.18. The molecule has 0 unspecified atom stereocenters. The van der Waals surface area contributed by atoms with Gasteiger partial charge in [-0.15, -0.1) is 0 Å². The highest BCUT2D eigenvalue weighted by Gasteiger charge is 2.02.